The van der Waals surface area contributed by atoms with Crippen molar-refractivity contribution < 1.29 is 14.0 Å². The fourth-order valence-electron chi connectivity index (χ4n) is 2.20. The van der Waals surface area contributed by atoms with Gasteiger partial charge >= 0.3 is 8.25 Å². The second kappa shape index (κ2) is 3.58. The molecular formula is C11H14O3P+. The summed E-state index contributed by atoms with van der Waals surface area (Å²) >= 11 is 0. The molecule has 2 rings (SSSR count). The SMILES string of the molecule is CC1(C)Cc2cccc(O[P+](=O)O)c2C1. The molecule has 0 heterocycles. The minimum absolute atomic E-state index is 0.225. The highest BCUT2D eigenvalue weighted by Crippen LogP contribution is 2.42. The molecule has 1 atom stereocenters. The Labute approximate surface area is 90.0 Å². The van der Waals surface area contributed by atoms with Crippen LogP contribution in [0.25, 0.3) is 0 Å². The molecule has 1 aliphatic carbocycles. The largest absolute Gasteiger partial charge is 0.747 e. The van der Waals surface area contributed by atoms with E-state index in [4.69, 9.17) is 9.42 Å². The number of hydrogen-bond donors (Lipinski definition) is 1. The van der Waals surface area contributed by atoms with Gasteiger partial charge in [-0.25, -0.2) is 4.52 Å². The lowest BCUT2D eigenvalue weighted by Crippen LogP contribution is -2.09. The second-order valence-corrected chi connectivity index (χ2v) is 5.40. The van der Waals surface area contributed by atoms with Gasteiger partial charge in [0.1, 0.15) is 0 Å². The molecule has 0 saturated carbocycles. The molecule has 0 saturated heterocycles. The lowest BCUT2D eigenvalue weighted by atomic mass is 9.90. The third-order valence-corrected chi connectivity index (χ3v) is 3.08. The van der Waals surface area contributed by atoms with Crippen molar-refractivity contribution >= 4 is 8.25 Å². The summed E-state index contributed by atoms with van der Waals surface area (Å²) < 4.78 is 15.6. The molecule has 1 aromatic rings. The molecule has 0 spiro atoms. The molecule has 0 amide bonds. The molecule has 4 heteroatoms. The van der Waals surface area contributed by atoms with Crippen LogP contribution in [0.4, 0.5) is 0 Å². The molecule has 15 heavy (non-hydrogen) atoms. The maximum Gasteiger partial charge on any atom is 0.747 e. The van der Waals surface area contributed by atoms with Crippen molar-refractivity contribution in [2.24, 2.45) is 5.41 Å². The molecule has 3 nitrogen and oxygen atoms in total. The van der Waals surface area contributed by atoms with Gasteiger partial charge in [0.15, 0.2) is 5.75 Å². The van der Waals surface area contributed by atoms with Gasteiger partial charge in [-0.15, -0.1) is 4.89 Å². The van der Waals surface area contributed by atoms with E-state index in [1.807, 2.05) is 6.07 Å². The molecular weight excluding hydrogens is 211 g/mol. The maximum absolute atomic E-state index is 10.7. The van der Waals surface area contributed by atoms with Crippen LogP contribution in [-0.4, -0.2) is 4.89 Å². The van der Waals surface area contributed by atoms with E-state index in [1.165, 1.54) is 5.56 Å². The number of benzene rings is 1. The first-order valence-corrected chi connectivity index (χ1v) is 6.06. The Bertz CT molecular complexity index is 412. The number of fused-ring (bicyclic) bond motifs is 1. The van der Waals surface area contributed by atoms with Gasteiger partial charge in [0, 0.05) is 10.1 Å². The second-order valence-electron chi connectivity index (χ2n) is 4.74. The van der Waals surface area contributed by atoms with E-state index in [9.17, 15) is 4.57 Å². The molecule has 0 aliphatic heterocycles. The van der Waals surface area contributed by atoms with E-state index in [1.54, 1.807) is 6.07 Å². The van der Waals surface area contributed by atoms with Crippen molar-refractivity contribution in [2.75, 3.05) is 0 Å². The zero-order chi connectivity index (χ0) is 11.1. The van der Waals surface area contributed by atoms with Crippen LogP contribution in [0, 0.1) is 5.41 Å². The minimum Gasteiger partial charge on any atom is -0.229 e. The molecule has 1 unspecified atom stereocenters. The Morgan fingerprint density at radius 1 is 1.40 bits per heavy atom. The first-order valence-electron chi connectivity index (χ1n) is 4.93. The average Bonchev–Trinajstić information content (AvgIpc) is 2.39. The molecule has 0 bridgehead atoms. The fourth-order valence-corrected chi connectivity index (χ4v) is 2.54. The van der Waals surface area contributed by atoms with E-state index >= 15 is 0 Å². The maximum atomic E-state index is 10.7. The summed E-state index contributed by atoms with van der Waals surface area (Å²) in [6, 6.07) is 5.68. The third kappa shape index (κ3) is 2.19. The van der Waals surface area contributed by atoms with Crippen LogP contribution in [0.15, 0.2) is 18.2 Å². The van der Waals surface area contributed by atoms with Gasteiger partial charge in [-0.2, -0.15) is 0 Å². The zero-order valence-electron chi connectivity index (χ0n) is 8.86. The zero-order valence-corrected chi connectivity index (χ0v) is 9.75. The Morgan fingerprint density at radius 2 is 2.13 bits per heavy atom. The lowest BCUT2D eigenvalue weighted by molar-refractivity contribution is 0.384. The Balaban J connectivity index is 2.37. The minimum atomic E-state index is -2.56. The third-order valence-electron chi connectivity index (χ3n) is 2.73. The van der Waals surface area contributed by atoms with Crippen LogP contribution in [0.3, 0.4) is 0 Å². The van der Waals surface area contributed by atoms with Crippen LogP contribution in [0.2, 0.25) is 0 Å². The van der Waals surface area contributed by atoms with Crippen LogP contribution in [0.1, 0.15) is 25.0 Å². The van der Waals surface area contributed by atoms with E-state index in [0.717, 1.165) is 18.4 Å². The van der Waals surface area contributed by atoms with Crippen molar-refractivity contribution in [3.05, 3.63) is 29.3 Å². The molecule has 1 N–H and O–H groups in total. The molecule has 80 valence electrons. The highest BCUT2D eigenvalue weighted by Gasteiger charge is 2.32. The van der Waals surface area contributed by atoms with Gasteiger partial charge in [-0.05, 0) is 29.9 Å². The number of hydrogen-bond acceptors (Lipinski definition) is 2. The Morgan fingerprint density at radius 3 is 2.80 bits per heavy atom. The van der Waals surface area contributed by atoms with E-state index in [-0.39, 0.29) is 5.41 Å². The smallest absolute Gasteiger partial charge is 0.229 e. The summed E-state index contributed by atoms with van der Waals surface area (Å²) in [4.78, 5) is 8.75. The van der Waals surface area contributed by atoms with Gasteiger partial charge < -0.3 is 0 Å². The topological polar surface area (TPSA) is 46.5 Å². The summed E-state index contributed by atoms with van der Waals surface area (Å²) in [5.41, 5.74) is 2.54. The summed E-state index contributed by atoms with van der Waals surface area (Å²) in [6.45, 7) is 4.38. The van der Waals surface area contributed by atoms with Crippen LogP contribution in [-0.2, 0) is 17.4 Å². The molecule has 1 aromatic carbocycles. The molecule has 1 aliphatic rings. The number of rotatable bonds is 2. The predicted octanol–water partition coefficient (Wildman–Crippen LogP) is 2.84. The van der Waals surface area contributed by atoms with Gasteiger partial charge in [-0.1, -0.05) is 26.0 Å². The highest BCUT2D eigenvalue weighted by atomic mass is 31.1. The van der Waals surface area contributed by atoms with E-state index in [2.05, 4.69) is 19.9 Å². The molecule has 0 fully saturated rings. The van der Waals surface area contributed by atoms with Gasteiger partial charge in [0.05, 0.1) is 0 Å². The lowest BCUT2D eigenvalue weighted by Gasteiger charge is -2.14. The highest BCUT2D eigenvalue weighted by molar-refractivity contribution is 7.32. The van der Waals surface area contributed by atoms with Crippen LogP contribution >= 0.6 is 8.25 Å². The van der Waals surface area contributed by atoms with Crippen molar-refractivity contribution in [3.63, 3.8) is 0 Å². The molecule has 0 aromatic heterocycles. The van der Waals surface area contributed by atoms with Crippen molar-refractivity contribution in [1.82, 2.24) is 0 Å². The quantitative estimate of drug-likeness (QED) is 0.787. The van der Waals surface area contributed by atoms with E-state index in [0.29, 0.717) is 5.75 Å². The van der Waals surface area contributed by atoms with Crippen LogP contribution < -0.4 is 4.52 Å². The van der Waals surface area contributed by atoms with E-state index < -0.39 is 8.25 Å². The molecule has 0 radical (unpaired) electrons. The summed E-state index contributed by atoms with van der Waals surface area (Å²) in [6.07, 6.45) is 1.91. The van der Waals surface area contributed by atoms with Crippen molar-refractivity contribution in [1.29, 1.82) is 0 Å². The van der Waals surface area contributed by atoms with Crippen molar-refractivity contribution in [3.8, 4) is 5.75 Å². The summed E-state index contributed by atoms with van der Waals surface area (Å²) in [5, 5.41) is 0. The van der Waals surface area contributed by atoms with Crippen LogP contribution in [0.5, 0.6) is 5.75 Å². The normalized spacial score (nSPS) is 18.5. The van der Waals surface area contributed by atoms with Gasteiger partial charge in [0.25, 0.3) is 0 Å². The Kier molecular flexibility index (Phi) is 2.53. The first-order chi connectivity index (χ1) is 6.98. The van der Waals surface area contributed by atoms with Gasteiger partial charge in [-0.3, -0.25) is 0 Å². The summed E-state index contributed by atoms with van der Waals surface area (Å²) in [7, 11) is -2.56. The summed E-state index contributed by atoms with van der Waals surface area (Å²) in [5.74, 6) is 0.557. The fraction of sp³-hybridized carbons (Fsp3) is 0.455. The first kappa shape index (κ1) is 10.6. The standard InChI is InChI=1S/C11H13O3P/c1-11(2)6-8-4-3-5-10(9(8)7-11)14-15(12)13/h3-5H,6-7H2,1-2H3/p+1. The van der Waals surface area contributed by atoms with Crippen molar-refractivity contribution in [2.45, 2.75) is 26.7 Å². The Hall–Kier alpha value is -0.920. The predicted molar refractivity (Wildman–Crippen MR) is 58.1 cm³/mol. The van der Waals surface area contributed by atoms with Gasteiger partial charge in [0.2, 0.25) is 0 Å². The average molecular weight is 225 g/mol. The monoisotopic (exact) mass is 225 g/mol.